The van der Waals surface area contributed by atoms with Crippen molar-refractivity contribution >= 4 is 63.3 Å². The van der Waals surface area contributed by atoms with E-state index in [0.717, 1.165) is 141 Å². The number of rotatable bonds is 16. The molecule has 380 valence electrons. The predicted octanol–water partition coefficient (Wildman–Crippen LogP) is 7.46. The quantitative estimate of drug-likeness (QED) is 0.0408. The standard InChI is InChI=1S/C27H31N7O2.C14H11ClN4.C13H21N3O2/c1-36-24-18-22(5-6-23(24)34-13-11-33(12-14-34)15-16-35)31-26-29-10-7-25(32-26)30-21-4-2-3-20(17-21)27(19-28)8-9-27;15-13-17-7-4-12(19-13)18-11-3-1-2-10(8-11)14(9-16)5-6-14;1-18-13-10-11(14)2-3-12(13)16-6-4-15(5-7-16)8-9-17/h2-7,10,17-18,35H,8-9,11-16H2,1H3,(H2,29,30,31,32);1-4,7-8H,5-6H2,(H,17,18,19);2-3,10,17H,4-9,14H2,1H3. The van der Waals surface area contributed by atoms with Crippen LogP contribution in [0.5, 0.6) is 11.5 Å². The highest BCUT2D eigenvalue weighted by Gasteiger charge is 2.45. The maximum Gasteiger partial charge on any atom is 0.229 e. The summed E-state index contributed by atoms with van der Waals surface area (Å²) in [4.78, 5) is 26.0. The number of nitrogens with zero attached hydrogens (tertiary/aromatic N) is 10. The molecule has 0 atom stereocenters. The summed E-state index contributed by atoms with van der Waals surface area (Å²) in [5, 5.41) is 46.8. The Hall–Kier alpha value is -7.45. The molecule has 2 aromatic heterocycles. The Kier molecular flexibility index (Phi) is 17.3. The van der Waals surface area contributed by atoms with Crippen LogP contribution in [-0.2, 0) is 10.8 Å². The van der Waals surface area contributed by atoms with Crippen LogP contribution in [0, 0.1) is 22.7 Å². The third-order valence-corrected chi connectivity index (χ3v) is 13.7. The number of aliphatic hydroxyl groups excluding tert-OH is 2. The molecule has 10 rings (SSSR count). The minimum absolute atomic E-state index is 0.191. The number of halogens is 1. The zero-order valence-corrected chi connectivity index (χ0v) is 42.1. The number of nitrogens with one attached hydrogen (secondary N) is 3. The number of aliphatic hydroxyl groups is 2. The molecule has 4 aromatic carbocycles. The highest BCUT2D eigenvalue weighted by atomic mass is 35.5. The van der Waals surface area contributed by atoms with Crippen LogP contribution in [0.1, 0.15) is 36.8 Å². The van der Waals surface area contributed by atoms with E-state index in [1.165, 1.54) is 0 Å². The second-order valence-electron chi connectivity index (χ2n) is 18.3. The van der Waals surface area contributed by atoms with Gasteiger partial charge in [0.1, 0.15) is 23.1 Å². The minimum Gasteiger partial charge on any atom is -0.495 e. The van der Waals surface area contributed by atoms with E-state index >= 15 is 0 Å². The molecule has 6 aromatic rings. The van der Waals surface area contributed by atoms with E-state index in [1.54, 1.807) is 32.7 Å². The Morgan fingerprint density at radius 3 is 1.56 bits per heavy atom. The van der Waals surface area contributed by atoms with E-state index in [4.69, 9.17) is 31.9 Å². The molecule has 0 bridgehead atoms. The van der Waals surface area contributed by atoms with Crippen molar-refractivity contribution in [1.82, 2.24) is 29.7 Å². The number of ether oxygens (including phenoxy) is 2. The van der Waals surface area contributed by atoms with E-state index in [2.05, 4.69) is 73.7 Å². The van der Waals surface area contributed by atoms with Crippen LogP contribution in [-0.4, -0.2) is 133 Å². The summed E-state index contributed by atoms with van der Waals surface area (Å²) in [6.45, 7) is 9.31. The summed E-state index contributed by atoms with van der Waals surface area (Å²) in [5.41, 5.74) is 12.7. The molecule has 2 saturated carbocycles. The molecular weight excluding hydrogens is 944 g/mol. The lowest BCUT2D eigenvalue weighted by Crippen LogP contribution is -2.47. The van der Waals surface area contributed by atoms with Crippen LogP contribution in [0.3, 0.4) is 0 Å². The molecule has 4 fully saturated rings. The number of piperazine rings is 2. The van der Waals surface area contributed by atoms with Gasteiger partial charge in [0.15, 0.2) is 0 Å². The lowest BCUT2D eigenvalue weighted by Gasteiger charge is -2.36. The molecule has 0 amide bonds. The largest absolute Gasteiger partial charge is 0.495 e. The van der Waals surface area contributed by atoms with E-state index in [1.807, 2.05) is 84.9 Å². The van der Waals surface area contributed by atoms with E-state index in [-0.39, 0.29) is 29.3 Å². The van der Waals surface area contributed by atoms with Crippen LogP contribution in [0.15, 0.2) is 109 Å². The Morgan fingerprint density at radius 1 is 0.603 bits per heavy atom. The van der Waals surface area contributed by atoms with Gasteiger partial charge in [-0.25, -0.2) is 15.0 Å². The monoisotopic (exact) mass is 1010 g/mol. The van der Waals surface area contributed by atoms with Gasteiger partial charge in [-0.3, -0.25) is 9.80 Å². The first-order chi connectivity index (χ1) is 35.6. The van der Waals surface area contributed by atoms with E-state index in [9.17, 15) is 15.6 Å². The molecule has 73 heavy (non-hydrogen) atoms. The number of β-amino-alcohol motifs (C(OH)–C–C–N with tert-alkyl or cyclic N) is 2. The Balaban J connectivity index is 0.000000161. The number of benzene rings is 4. The minimum atomic E-state index is -0.325. The molecule has 19 heteroatoms. The third kappa shape index (κ3) is 13.5. The molecule has 2 saturated heterocycles. The van der Waals surface area contributed by atoms with Gasteiger partial charge in [-0.1, -0.05) is 24.3 Å². The summed E-state index contributed by atoms with van der Waals surface area (Å²) in [6, 6.07) is 36.0. The zero-order chi connectivity index (χ0) is 51.2. The number of methoxy groups -OCH3 is 2. The van der Waals surface area contributed by atoms with Crippen molar-refractivity contribution in [3.8, 4) is 23.6 Å². The second-order valence-corrected chi connectivity index (χ2v) is 18.7. The van der Waals surface area contributed by atoms with Gasteiger partial charge >= 0.3 is 0 Å². The first-order valence-electron chi connectivity index (χ1n) is 24.5. The molecule has 4 aliphatic rings. The molecule has 0 unspecified atom stereocenters. The third-order valence-electron chi connectivity index (χ3n) is 13.5. The normalized spacial score (nSPS) is 16.5. The molecule has 2 aliphatic carbocycles. The highest BCUT2D eigenvalue weighted by molar-refractivity contribution is 6.28. The Labute approximate surface area is 432 Å². The number of nitriles is 2. The van der Waals surface area contributed by atoms with Crippen molar-refractivity contribution in [2.24, 2.45) is 0 Å². The van der Waals surface area contributed by atoms with Gasteiger partial charge in [-0.05, 0) is 109 Å². The molecule has 0 radical (unpaired) electrons. The van der Waals surface area contributed by atoms with E-state index in [0.29, 0.717) is 24.1 Å². The first kappa shape index (κ1) is 51.9. The Morgan fingerprint density at radius 2 is 1.08 bits per heavy atom. The van der Waals surface area contributed by atoms with Crippen LogP contribution >= 0.6 is 11.6 Å². The molecule has 2 aliphatic heterocycles. The van der Waals surface area contributed by atoms with Gasteiger partial charge in [0.05, 0.1) is 61.8 Å². The predicted molar refractivity (Wildman–Crippen MR) is 287 cm³/mol. The summed E-state index contributed by atoms with van der Waals surface area (Å²) in [6.07, 6.45) is 7.00. The maximum atomic E-state index is 9.50. The van der Waals surface area contributed by atoms with Gasteiger partial charge in [-0.2, -0.15) is 15.5 Å². The van der Waals surface area contributed by atoms with Crippen LogP contribution in [0.2, 0.25) is 5.28 Å². The lowest BCUT2D eigenvalue weighted by atomic mass is 9.97. The fourth-order valence-corrected chi connectivity index (χ4v) is 9.11. The van der Waals surface area contributed by atoms with Crippen molar-refractivity contribution in [2.75, 3.05) is 124 Å². The average molecular weight is 1010 g/mol. The van der Waals surface area contributed by atoms with Crippen LogP contribution in [0.4, 0.5) is 51.7 Å². The first-order valence-corrected chi connectivity index (χ1v) is 24.9. The number of aromatic nitrogens is 4. The molecular formula is C54H63ClN14O4. The topological polar surface area (TPSA) is 233 Å². The molecule has 0 spiro atoms. The molecule has 18 nitrogen and oxygen atoms in total. The van der Waals surface area contributed by atoms with Crippen LogP contribution < -0.4 is 41.0 Å². The number of anilines is 9. The number of hydrogen-bond donors (Lipinski definition) is 6. The van der Waals surface area contributed by atoms with Crippen LogP contribution in [0.25, 0.3) is 0 Å². The number of nitrogens with two attached hydrogens (primary N) is 1. The number of nitrogen functional groups attached to an aromatic ring is 1. The summed E-state index contributed by atoms with van der Waals surface area (Å²) < 4.78 is 11.1. The summed E-state index contributed by atoms with van der Waals surface area (Å²) in [5.74, 6) is 3.38. The van der Waals surface area contributed by atoms with Crippen molar-refractivity contribution in [1.29, 1.82) is 10.5 Å². The lowest BCUT2D eigenvalue weighted by molar-refractivity contribution is 0.188. The number of hydrogen-bond acceptors (Lipinski definition) is 18. The van der Waals surface area contributed by atoms with E-state index < -0.39 is 0 Å². The van der Waals surface area contributed by atoms with Crippen molar-refractivity contribution < 1.29 is 19.7 Å². The summed E-state index contributed by atoms with van der Waals surface area (Å²) >= 11 is 5.74. The molecule has 7 N–H and O–H groups in total. The highest BCUT2D eigenvalue weighted by Crippen LogP contribution is 2.49. The fourth-order valence-electron chi connectivity index (χ4n) is 8.97. The second kappa shape index (κ2) is 24.3. The fraction of sp³-hybridized carbons (Fsp3) is 0.370. The van der Waals surface area contributed by atoms with Crippen molar-refractivity contribution in [3.05, 3.63) is 126 Å². The van der Waals surface area contributed by atoms with Crippen molar-refractivity contribution in [2.45, 2.75) is 36.5 Å². The van der Waals surface area contributed by atoms with Crippen molar-refractivity contribution in [3.63, 3.8) is 0 Å². The smallest absolute Gasteiger partial charge is 0.229 e. The Bertz CT molecular complexity index is 2870. The summed E-state index contributed by atoms with van der Waals surface area (Å²) in [7, 11) is 3.35. The zero-order valence-electron chi connectivity index (χ0n) is 41.3. The SMILES string of the molecule is COc1cc(N)ccc1N1CCN(CCO)CC1.COc1cc(Nc2nccc(Nc3cccc(C4(C#N)CC4)c3)n2)ccc1N1CCN(CCO)CC1.N#CC1(c2cccc(Nc3ccnc(Cl)n3)c2)CC1. The van der Waals surface area contributed by atoms with Gasteiger partial charge in [0.2, 0.25) is 11.2 Å². The van der Waals surface area contributed by atoms with Gasteiger partial charge in [-0.15, -0.1) is 0 Å². The van der Waals surface area contributed by atoms with Gasteiger partial charge in [0, 0.05) is 113 Å². The molecule has 4 heterocycles. The van der Waals surface area contributed by atoms with Gasteiger partial charge in [0.25, 0.3) is 0 Å². The van der Waals surface area contributed by atoms with Gasteiger partial charge < -0.3 is 51.2 Å². The average Bonchev–Trinajstić information content (AvgIpc) is 4.37. The maximum absolute atomic E-state index is 9.50.